The molecule has 1 heterocycles. The highest BCUT2D eigenvalue weighted by Crippen LogP contribution is 2.32. The van der Waals surface area contributed by atoms with E-state index in [4.69, 9.17) is 23.2 Å². The molecule has 1 aromatic heterocycles. The van der Waals surface area contributed by atoms with E-state index in [1.165, 1.54) is 12.1 Å². The third-order valence-electron chi connectivity index (χ3n) is 3.08. The second-order valence-corrected chi connectivity index (χ2v) is 5.37. The molecule has 3 nitrogen and oxygen atoms in total. The van der Waals surface area contributed by atoms with E-state index in [1.54, 1.807) is 16.9 Å². The Bertz CT molecular complexity index is 579. The summed E-state index contributed by atoms with van der Waals surface area (Å²) in [5, 5.41) is 8.45. The van der Waals surface area contributed by atoms with Gasteiger partial charge < -0.3 is 5.32 Å². The summed E-state index contributed by atoms with van der Waals surface area (Å²) >= 11 is 12.4. The van der Waals surface area contributed by atoms with Crippen LogP contribution in [-0.2, 0) is 7.05 Å². The zero-order valence-corrected chi connectivity index (χ0v) is 12.8. The van der Waals surface area contributed by atoms with Crippen molar-refractivity contribution in [3.8, 4) is 0 Å². The highest BCUT2D eigenvalue weighted by molar-refractivity contribution is 6.32. The number of aromatic nitrogens is 2. The van der Waals surface area contributed by atoms with Crippen LogP contribution in [0.3, 0.4) is 0 Å². The lowest BCUT2D eigenvalue weighted by atomic mass is 10.0. The second kappa shape index (κ2) is 6.57. The molecule has 0 spiro atoms. The molecule has 108 valence electrons. The molecule has 0 aliphatic rings. The predicted molar refractivity (Wildman–Crippen MR) is 79.8 cm³/mol. The Morgan fingerprint density at radius 1 is 1.35 bits per heavy atom. The molecule has 2 rings (SSSR count). The van der Waals surface area contributed by atoms with Gasteiger partial charge in [-0.05, 0) is 30.7 Å². The van der Waals surface area contributed by atoms with Crippen molar-refractivity contribution in [2.45, 2.75) is 19.4 Å². The molecule has 20 heavy (non-hydrogen) atoms. The Morgan fingerprint density at radius 2 is 2.10 bits per heavy atom. The molecule has 0 fully saturated rings. The number of nitrogens with one attached hydrogen (secondary N) is 1. The van der Waals surface area contributed by atoms with Crippen molar-refractivity contribution in [3.63, 3.8) is 0 Å². The van der Waals surface area contributed by atoms with Crippen LogP contribution >= 0.6 is 23.2 Å². The number of nitrogens with zero attached hydrogens (tertiary/aromatic N) is 2. The zero-order valence-electron chi connectivity index (χ0n) is 11.3. The van der Waals surface area contributed by atoms with Crippen molar-refractivity contribution in [2.75, 3.05) is 6.54 Å². The van der Waals surface area contributed by atoms with Crippen LogP contribution < -0.4 is 5.32 Å². The molecule has 2 aromatic rings. The summed E-state index contributed by atoms with van der Waals surface area (Å²) in [7, 11) is 1.82. The number of halogens is 3. The average molecular weight is 316 g/mol. The fraction of sp³-hybridized carbons (Fsp3) is 0.357. The maximum Gasteiger partial charge on any atom is 0.124 e. The zero-order chi connectivity index (χ0) is 14.7. The van der Waals surface area contributed by atoms with Crippen LogP contribution in [0.1, 0.15) is 30.6 Å². The highest BCUT2D eigenvalue weighted by atomic mass is 35.5. The van der Waals surface area contributed by atoms with Gasteiger partial charge >= 0.3 is 0 Å². The van der Waals surface area contributed by atoms with Gasteiger partial charge in [0.15, 0.2) is 0 Å². The molecule has 0 aliphatic carbocycles. The summed E-state index contributed by atoms with van der Waals surface area (Å²) in [6.07, 6.45) is 2.56. The van der Waals surface area contributed by atoms with Crippen LogP contribution in [-0.4, -0.2) is 16.3 Å². The summed E-state index contributed by atoms with van der Waals surface area (Å²) in [4.78, 5) is 0. The van der Waals surface area contributed by atoms with E-state index in [0.717, 1.165) is 24.2 Å². The molecule has 0 radical (unpaired) electrons. The Kier molecular flexibility index (Phi) is 5.02. The van der Waals surface area contributed by atoms with Crippen LogP contribution in [0.2, 0.25) is 10.0 Å². The smallest absolute Gasteiger partial charge is 0.124 e. The van der Waals surface area contributed by atoms with Gasteiger partial charge in [-0.15, -0.1) is 0 Å². The molecular weight excluding hydrogens is 300 g/mol. The second-order valence-electron chi connectivity index (χ2n) is 4.55. The molecule has 0 saturated heterocycles. The Labute approximate surface area is 127 Å². The van der Waals surface area contributed by atoms with E-state index in [2.05, 4.69) is 17.3 Å². The first-order chi connectivity index (χ1) is 9.54. The van der Waals surface area contributed by atoms with Gasteiger partial charge in [-0.25, -0.2) is 4.39 Å². The van der Waals surface area contributed by atoms with E-state index in [-0.39, 0.29) is 11.9 Å². The number of hydrogen-bond donors (Lipinski definition) is 1. The van der Waals surface area contributed by atoms with Crippen LogP contribution in [0.5, 0.6) is 0 Å². The number of aryl methyl sites for hydroxylation is 1. The topological polar surface area (TPSA) is 29.9 Å². The van der Waals surface area contributed by atoms with Gasteiger partial charge in [-0.1, -0.05) is 36.2 Å². The lowest BCUT2D eigenvalue weighted by Crippen LogP contribution is -2.26. The van der Waals surface area contributed by atoms with E-state index < -0.39 is 0 Å². The van der Waals surface area contributed by atoms with Crippen LogP contribution in [0.25, 0.3) is 0 Å². The van der Waals surface area contributed by atoms with Crippen molar-refractivity contribution < 1.29 is 4.39 Å². The Balaban J connectivity index is 2.47. The predicted octanol–water partition coefficient (Wildman–Crippen LogP) is 3.96. The maximum atomic E-state index is 13.2. The molecule has 0 bridgehead atoms. The SMILES string of the molecule is CCCNC(c1ccc(F)cc1Cl)c1c(Cl)cnn1C. The normalized spacial score (nSPS) is 12.7. The van der Waals surface area contributed by atoms with Gasteiger partial charge in [0.2, 0.25) is 0 Å². The molecule has 1 unspecified atom stereocenters. The standard InChI is InChI=1S/C14H16Cl2FN3/c1-3-6-18-13(14-12(16)8-19-20(14)2)10-5-4-9(17)7-11(10)15/h4-5,7-8,13,18H,3,6H2,1-2H3. The largest absolute Gasteiger partial charge is 0.305 e. The van der Waals surface area contributed by atoms with Gasteiger partial charge in [0.1, 0.15) is 5.82 Å². The molecule has 1 atom stereocenters. The lowest BCUT2D eigenvalue weighted by molar-refractivity contribution is 0.552. The van der Waals surface area contributed by atoms with Gasteiger partial charge in [-0.2, -0.15) is 5.10 Å². The minimum atomic E-state index is -0.357. The number of benzene rings is 1. The molecular formula is C14H16Cl2FN3. The van der Waals surface area contributed by atoms with Gasteiger partial charge in [-0.3, -0.25) is 4.68 Å². The monoisotopic (exact) mass is 315 g/mol. The highest BCUT2D eigenvalue weighted by Gasteiger charge is 2.22. The first kappa shape index (κ1) is 15.3. The molecule has 6 heteroatoms. The fourth-order valence-corrected chi connectivity index (χ4v) is 2.67. The third-order valence-corrected chi connectivity index (χ3v) is 3.70. The van der Waals surface area contributed by atoms with Gasteiger partial charge in [0.05, 0.1) is 23.0 Å². The van der Waals surface area contributed by atoms with Crippen molar-refractivity contribution in [3.05, 3.63) is 51.5 Å². The van der Waals surface area contributed by atoms with Gasteiger partial charge in [0, 0.05) is 12.1 Å². The number of hydrogen-bond acceptors (Lipinski definition) is 2. The molecule has 0 amide bonds. The van der Waals surface area contributed by atoms with Crippen molar-refractivity contribution in [2.24, 2.45) is 7.05 Å². The first-order valence-electron chi connectivity index (χ1n) is 6.40. The average Bonchev–Trinajstić information content (AvgIpc) is 2.72. The number of rotatable bonds is 5. The minimum absolute atomic E-state index is 0.219. The van der Waals surface area contributed by atoms with E-state index in [0.29, 0.717) is 10.0 Å². The summed E-state index contributed by atoms with van der Waals surface area (Å²) in [5.41, 5.74) is 1.60. The summed E-state index contributed by atoms with van der Waals surface area (Å²) in [6, 6.07) is 4.16. The van der Waals surface area contributed by atoms with Gasteiger partial charge in [0.25, 0.3) is 0 Å². The molecule has 1 aromatic carbocycles. The molecule has 0 aliphatic heterocycles. The van der Waals surface area contributed by atoms with E-state index >= 15 is 0 Å². The minimum Gasteiger partial charge on any atom is -0.305 e. The molecule has 0 saturated carbocycles. The summed E-state index contributed by atoms with van der Waals surface area (Å²) in [6.45, 7) is 2.86. The first-order valence-corrected chi connectivity index (χ1v) is 7.16. The Hall–Kier alpha value is -1.10. The van der Waals surface area contributed by atoms with Crippen molar-refractivity contribution >= 4 is 23.2 Å². The van der Waals surface area contributed by atoms with E-state index in [1.807, 2.05) is 7.05 Å². The van der Waals surface area contributed by atoms with Crippen LogP contribution in [0.4, 0.5) is 4.39 Å². The lowest BCUT2D eigenvalue weighted by Gasteiger charge is -2.21. The van der Waals surface area contributed by atoms with Crippen LogP contribution in [0.15, 0.2) is 24.4 Å². The Morgan fingerprint density at radius 3 is 2.65 bits per heavy atom. The fourth-order valence-electron chi connectivity index (χ4n) is 2.12. The molecule has 1 N–H and O–H groups in total. The summed E-state index contributed by atoms with van der Waals surface area (Å²) in [5.74, 6) is -0.357. The summed E-state index contributed by atoms with van der Waals surface area (Å²) < 4.78 is 14.9. The van der Waals surface area contributed by atoms with Crippen molar-refractivity contribution in [1.82, 2.24) is 15.1 Å². The van der Waals surface area contributed by atoms with Crippen molar-refractivity contribution in [1.29, 1.82) is 0 Å². The quantitative estimate of drug-likeness (QED) is 0.905. The van der Waals surface area contributed by atoms with E-state index in [9.17, 15) is 4.39 Å². The maximum absolute atomic E-state index is 13.2. The third kappa shape index (κ3) is 3.14. The van der Waals surface area contributed by atoms with Crippen LogP contribution in [0, 0.1) is 5.82 Å².